The molecule has 0 saturated heterocycles. The first-order valence-electron chi connectivity index (χ1n) is 6.72. The summed E-state index contributed by atoms with van der Waals surface area (Å²) in [6.07, 6.45) is 4.59. The number of phenolic OH excluding ortho intramolecular Hbond substituents is 1. The van der Waals surface area contributed by atoms with Crippen LogP contribution in [0.1, 0.15) is 24.0 Å². The summed E-state index contributed by atoms with van der Waals surface area (Å²) in [4.78, 5) is 11.6. The van der Waals surface area contributed by atoms with Crippen LogP contribution in [-0.2, 0) is 11.2 Å². The molecule has 1 N–H and O–H groups in total. The molecule has 0 aromatic heterocycles. The van der Waals surface area contributed by atoms with Gasteiger partial charge >= 0.3 is 0 Å². The number of hydrogen-bond acceptors (Lipinski definition) is 2. The molecule has 0 bridgehead atoms. The average Bonchev–Trinajstić information content (AvgIpc) is 2.78. The third-order valence-electron chi connectivity index (χ3n) is 4.37. The topological polar surface area (TPSA) is 37.3 Å². The number of phenols is 1. The van der Waals surface area contributed by atoms with E-state index in [-0.39, 0.29) is 5.78 Å². The lowest BCUT2D eigenvalue weighted by atomic mass is 9.79. The van der Waals surface area contributed by atoms with Crippen LogP contribution in [-0.4, -0.2) is 10.9 Å². The molecule has 4 rings (SSSR count). The maximum Gasteiger partial charge on any atom is 0.156 e. The van der Waals surface area contributed by atoms with E-state index in [4.69, 9.17) is 0 Å². The second-order valence-electron chi connectivity index (χ2n) is 5.50. The summed E-state index contributed by atoms with van der Waals surface area (Å²) >= 11 is 0. The van der Waals surface area contributed by atoms with Crippen LogP contribution in [0.5, 0.6) is 5.75 Å². The highest BCUT2D eigenvalue weighted by molar-refractivity contribution is 6.05. The molecule has 19 heavy (non-hydrogen) atoms. The number of allylic oxidation sites excluding steroid dienone is 2. The summed E-state index contributed by atoms with van der Waals surface area (Å²) in [6, 6.07) is 9.67. The Bertz CT molecular complexity index is 740. The van der Waals surface area contributed by atoms with E-state index in [1.165, 1.54) is 22.1 Å². The average molecular weight is 250 g/mol. The molecule has 1 unspecified atom stereocenters. The van der Waals surface area contributed by atoms with Gasteiger partial charge in [0, 0.05) is 6.42 Å². The minimum absolute atomic E-state index is 0.263. The summed E-state index contributed by atoms with van der Waals surface area (Å²) < 4.78 is 0. The van der Waals surface area contributed by atoms with E-state index in [9.17, 15) is 9.90 Å². The SMILES string of the molecule is O=C1C=C2c3ccc4cc(O)ccc4c3CCC2C1. The second kappa shape index (κ2) is 3.70. The molecule has 0 amide bonds. The first-order valence-corrected chi connectivity index (χ1v) is 6.72. The summed E-state index contributed by atoms with van der Waals surface area (Å²) in [5.41, 5.74) is 3.79. The number of rotatable bonds is 0. The lowest BCUT2D eigenvalue weighted by Gasteiger charge is -2.25. The first kappa shape index (κ1) is 10.8. The van der Waals surface area contributed by atoms with Crippen LogP contribution in [0, 0.1) is 5.92 Å². The van der Waals surface area contributed by atoms with Crippen LogP contribution in [0.4, 0.5) is 0 Å². The van der Waals surface area contributed by atoms with Crippen molar-refractivity contribution in [3.63, 3.8) is 0 Å². The minimum Gasteiger partial charge on any atom is -0.508 e. The predicted octanol–water partition coefficient (Wildman–Crippen LogP) is 3.46. The molecule has 2 nitrogen and oxygen atoms in total. The number of carbonyl (C=O) groups excluding carboxylic acids is 1. The number of hydrogen-bond donors (Lipinski definition) is 1. The van der Waals surface area contributed by atoms with Crippen molar-refractivity contribution in [2.24, 2.45) is 5.92 Å². The van der Waals surface area contributed by atoms with E-state index in [1.54, 1.807) is 12.1 Å². The zero-order chi connectivity index (χ0) is 13.0. The molecular weight excluding hydrogens is 236 g/mol. The quantitative estimate of drug-likeness (QED) is 0.777. The van der Waals surface area contributed by atoms with Gasteiger partial charge in [0.1, 0.15) is 5.75 Å². The smallest absolute Gasteiger partial charge is 0.156 e. The standard InChI is InChI=1S/C17H14O2/c18-12-3-6-14-10(7-12)1-5-16-15(14)4-2-11-8-13(19)9-17(11)16/h1,3,5-7,9,11,18H,2,4,8H2. The zero-order valence-electron chi connectivity index (χ0n) is 10.5. The fraction of sp³-hybridized carbons (Fsp3) is 0.235. The van der Waals surface area contributed by atoms with Crippen LogP contribution in [0.15, 0.2) is 36.4 Å². The fourth-order valence-corrected chi connectivity index (χ4v) is 3.50. The largest absolute Gasteiger partial charge is 0.508 e. The Balaban J connectivity index is 2.00. The molecule has 94 valence electrons. The van der Waals surface area contributed by atoms with Crippen molar-refractivity contribution in [3.05, 3.63) is 47.5 Å². The molecule has 2 aromatic carbocycles. The third-order valence-corrected chi connectivity index (χ3v) is 4.37. The van der Waals surface area contributed by atoms with Crippen LogP contribution < -0.4 is 0 Å². The summed E-state index contributed by atoms with van der Waals surface area (Å²) in [5.74, 6) is 0.990. The fourth-order valence-electron chi connectivity index (χ4n) is 3.50. The molecular formula is C17H14O2. The van der Waals surface area contributed by atoms with Crippen molar-refractivity contribution < 1.29 is 9.90 Å². The summed E-state index contributed by atoms with van der Waals surface area (Å²) in [6.45, 7) is 0. The van der Waals surface area contributed by atoms with Gasteiger partial charge in [-0.1, -0.05) is 18.2 Å². The number of carbonyl (C=O) groups is 1. The Morgan fingerprint density at radius 3 is 2.95 bits per heavy atom. The monoisotopic (exact) mass is 250 g/mol. The maximum absolute atomic E-state index is 11.6. The van der Waals surface area contributed by atoms with E-state index in [2.05, 4.69) is 6.07 Å². The molecule has 0 spiro atoms. The van der Waals surface area contributed by atoms with Crippen LogP contribution in [0.25, 0.3) is 16.3 Å². The second-order valence-corrected chi connectivity index (χ2v) is 5.50. The normalized spacial score (nSPS) is 21.2. The highest BCUT2D eigenvalue weighted by Gasteiger charge is 2.31. The van der Waals surface area contributed by atoms with Gasteiger partial charge in [-0.25, -0.2) is 0 Å². The molecule has 2 heteroatoms. The number of benzene rings is 2. The van der Waals surface area contributed by atoms with Gasteiger partial charge in [-0.3, -0.25) is 4.79 Å². The lowest BCUT2D eigenvalue weighted by molar-refractivity contribution is -0.114. The number of ketones is 1. The Morgan fingerprint density at radius 1 is 1.16 bits per heavy atom. The molecule has 2 aliphatic rings. The van der Waals surface area contributed by atoms with Crippen LogP contribution in [0.3, 0.4) is 0 Å². The highest BCUT2D eigenvalue weighted by Crippen LogP contribution is 2.43. The molecule has 2 aromatic rings. The van der Waals surface area contributed by atoms with Gasteiger partial charge in [-0.05, 0) is 64.4 Å². The van der Waals surface area contributed by atoms with E-state index in [0.717, 1.165) is 18.2 Å². The number of fused-ring (bicyclic) bond motifs is 5. The minimum atomic E-state index is 0.263. The van der Waals surface area contributed by atoms with Gasteiger partial charge in [0.05, 0.1) is 0 Å². The Labute approximate surface area is 111 Å². The molecule has 0 heterocycles. The Kier molecular flexibility index (Phi) is 2.10. The van der Waals surface area contributed by atoms with Crippen LogP contribution >= 0.6 is 0 Å². The molecule has 2 aliphatic carbocycles. The maximum atomic E-state index is 11.6. The van der Waals surface area contributed by atoms with Gasteiger partial charge < -0.3 is 5.11 Å². The Morgan fingerprint density at radius 2 is 2.05 bits per heavy atom. The molecule has 0 fully saturated rings. The van der Waals surface area contributed by atoms with Crippen molar-refractivity contribution in [3.8, 4) is 5.75 Å². The predicted molar refractivity (Wildman–Crippen MR) is 75.0 cm³/mol. The molecule has 0 saturated carbocycles. The van der Waals surface area contributed by atoms with Crippen molar-refractivity contribution in [2.45, 2.75) is 19.3 Å². The lowest BCUT2D eigenvalue weighted by Crippen LogP contribution is -2.11. The van der Waals surface area contributed by atoms with Gasteiger partial charge in [-0.2, -0.15) is 0 Å². The third kappa shape index (κ3) is 1.53. The Hall–Kier alpha value is -2.09. The number of aromatic hydroxyl groups is 1. The molecule has 0 aliphatic heterocycles. The van der Waals surface area contributed by atoms with Gasteiger partial charge in [0.2, 0.25) is 0 Å². The van der Waals surface area contributed by atoms with E-state index in [1.807, 2.05) is 18.2 Å². The first-order chi connectivity index (χ1) is 9.22. The zero-order valence-corrected chi connectivity index (χ0v) is 10.5. The van der Waals surface area contributed by atoms with Gasteiger partial charge in [-0.15, -0.1) is 0 Å². The number of aryl methyl sites for hydroxylation is 1. The van der Waals surface area contributed by atoms with Crippen molar-refractivity contribution in [1.82, 2.24) is 0 Å². The van der Waals surface area contributed by atoms with E-state index >= 15 is 0 Å². The van der Waals surface area contributed by atoms with Crippen molar-refractivity contribution >= 4 is 22.1 Å². The van der Waals surface area contributed by atoms with Crippen LogP contribution in [0.2, 0.25) is 0 Å². The molecule has 0 radical (unpaired) electrons. The van der Waals surface area contributed by atoms with Gasteiger partial charge in [0.25, 0.3) is 0 Å². The van der Waals surface area contributed by atoms with E-state index < -0.39 is 0 Å². The van der Waals surface area contributed by atoms with E-state index in [0.29, 0.717) is 18.1 Å². The summed E-state index contributed by atoms with van der Waals surface area (Å²) in [7, 11) is 0. The molecule has 1 atom stereocenters. The highest BCUT2D eigenvalue weighted by atomic mass is 16.3. The van der Waals surface area contributed by atoms with Crippen molar-refractivity contribution in [1.29, 1.82) is 0 Å². The van der Waals surface area contributed by atoms with Crippen molar-refractivity contribution in [2.75, 3.05) is 0 Å². The summed E-state index contributed by atoms with van der Waals surface area (Å²) in [5, 5.41) is 11.8. The van der Waals surface area contributed by atoms with Gasteiger partial charge in [0.15, 0.2) is 5.78 Å².